The van der Waals surface area contributed by atoms with Crippen LogP contribution in [0, 0.1) is 12.8 Å². The number of hydrogen-bond acceptors (Lipinski definition) is 3. The van der Waals surface area contributed by atoms with E-state index in [4.69, 9.17) is 0 Å². The molecule has 18 heavy (non-hydrogen) atoms. The third-order valence-corrected chi connectivity index (χ3v) is 4.06. The van der Waals surface area contributed by atoms with Gasteiger partial charge in [-0.2, -0.15) is 0 Å². The number of aryl methyl sites for hydroxylation is 1. The van der Waals surface area contributed by atoms with Crippen LogP contribution < -0.4 is 5.32 Å². The molecular weight excluding hydrogens is 222 g/mol. The third-order valence-electron chi connectivity index (χ3n) is 4.06. The van der Waals surface area contributed by atoms with Crippen molar-refractivity contribution >= 4 is 0 Å². The molecule has 0 aromatic carbocycles. The monoisotopic (exact) mass is 247 g/mol. The highest BCUT2D eigenvalue weighted by molar-refractivity contribution is 5.12. The van der Waals surface area contributed by atoms with Crippen LogP contribution in [0.3, 0.4) is 0 Å². The van der Waals surface area contributed by atoms with Crippen molar-refractivity contribution in [3.63, 3.8) is 0 Å². The quantitative estimate of drug-likeness (QED) is 0.866. The van der Waals surface area contributed by atoms with Gasteiger partial charge in [-0.1, -0.05) is 32.1 Å². The summed E-state index contributed by atoms with van der Waals surface area (Å²) < 4.78 is 0. The van der Waals surface area contributed by atoms with Gasteiger partial charge < -0.3 is 5.32 Å². The third kappa shape index (κ3) is 3.77. The Hall–Kier alpha value is -0.960. The van der Waals surface area contributed by atoms with Crippen LogP contribution in [0.4, 0.5) is 0 Å². The summed E-state index contributed by atoms with van der Waals surface area (Å²) in [6.07, 6.45) is 12.0. The summed E-state index contributed by atoms with van der Waals surface area (Å²) >= 11 is 0. The zero-order valence-electron chi connectivity index (χ0n) is 11.7. The first kappa shape index (κ1) is 13.5. The van der Waals surface area contributed by atoms with E-state index in [1.807, 2.05) is 6.92 Å². The van der Waals surface area contributed by atoms with Crippen molar-refractivity contribution in [2.45, 2.75) is 58.4 Å². The molecule has 1 aliphatic rings. The molecule has 1 aliphatic carbocycles. The van der Waals surface area contributed by atoms with Crippen molar-refractivity contribution in [3.8, 4) is 0 Å². The van der Waals surface area contributed by atoms with Crippen LogP contribution in [-0.4, -0.2) is 16.5 Å². The second-order valence-electron chi connectivity index (χ2n) is 5.50. The van der Waals surface area contributed by atoms with Gasteiger partial charge in [0, 0.05) is 18.4 Å². The van der Waals surface area contributed by atoms with Gasteiger partial charge in [0.15, 0.2) is 0 Å². The van der Waals surface area contributed by atoms with Crippen LogP contribution in [0.5, 0.6) is 0 Å². The molecule has 1 heterocycles. The largest absolute Gasteiger partial charge is 0.309 e. The number of nitrogens with zero attached hydrogens (tertiary/aromatic N) is 2. The van der Waals surface area contributed by atoms with Crippen molar-refractivity contribution in [1.29, 1.82) is 0 Å². The highest BCUT2D eigenvalue weighted by Crippen LogP contribution is 2.26. The molecule has 1 aromatic rings. The van der Waals surface area contributed by atoms with Gasteiger partial charge in [-0.05, 0) is 32.7 Å². The average molecular weight is 247 g/mol. The Morgan fingerprint density at radius 3 is 2.67 bits per heavy atom. The Morgan fingerprint density at radius 2 is 1.94 bits per heavy atom. The molecule has 3 heteroatoms. The lowest BCUT2D eigenvalue weighted by atomic mass is 9.87. The highest BCUT2D eigenvalue weighted by atomic mass is 14.9. The fourth-order valence-corrected chi connectivity index (χ4v) is 2.92. The van der Waals surface area contributed by atoms with E-state index in [2.05, 4.69) is 22.2 Å². The van der Waals surface area contributed by atoms with Gasteiger partial charge in [-0.25, -0.2) is 0 Å². The molecule has 1 fully saturated rings. The van der Waals surface area contributed by atoms with Crippen LogP contribution >= 0.6 is 0 Å². The first-order chi connectivity index (χ1) is 8.77. The molecular formula is C15H25N3. The van der Waals surface area contributed by atoms with Crippen LogP contribution in [0.1, 0.15) is 62.9 Å². The lowest BCUT2D eigenvalue weighted by Gasteiger charge is -2.22. The predicted molar refractivity (Wildman–Crippen MR) is 74.4 cm³/mol. The van der Waals surface area contributed by atoms with Crippen molar-refractivity contribution in [3.05, 3.63) is 23.8 Å². The van der Waals surface area contributed by atoms with Gasteiger partial charge in [0.25, 0.3) is 0 Å². The van der Waals surface area contributed by atoms with Crippen molar-refractivity contribution in [2.75, 3.05) is 6.54 Å². The first-order valence-electron chi connectivity index (χ1n) is 7.28. The minimum atomic E-state index is 0.308. The van der Waals surface area contributed by atoms with Gasteiger partial charge >= 0.3 is 0 Å². The molecule has 1 saturated carbocycles. The normalized spacial score (nSPS) is 18.8. The molecule has 0 amide bonds. The van der Waals surface area contributed by atoms with E-state index in [1.165, 1.54) is 38.5 Å². The lowest BCUT2D eigenvalue weighted by molar-refractivity contribution is 0.329. The molecule has 1 N–H and O–H groups in total. The van der Waals surface area contributed by atoms with E-state index in [1.54, 1.807) is 12.4 Å². The number of nitrogens with one attached hydrogen (secondary N) is 1. The smallest absolute Gasteiger partial charge is 0.0782 e. The summed E-state index contributed by atoms with van der Waals surface area (Å²) in [5.74, 6) is 0.946. The molecule has 0 saturated heterocycles. The Balaban J connectivity index is 1.74. The summed E-state index contributed by atoms with van der Waals surface area (Å²) in [5, 5.41) is 3.58. The van der Waals surface area contributed by atoms with E-state index >= 15 is 0 Å². The molecule has 1 unspecified atom stereocenters. The van der Waals surface area contributed by atoms with Gasteiger partial charge in [-0.15, -0.1) is 0 Å². The van der Waals surface area contributed by atoms with Gasteiger partial charge in [0.2, 0.25) is 0 Å². The maximum absolute atomic E-state index is 4.42. The van der Waals surface area contributed by atoms with Crippen molar-refractivity contribution in [1.82, 2.24) is 15.3 Å². The SMILES string of the molecule is Cc1nccnc1C(C)NCCC1CCCCC1. The first-order valence-corrected chi connectivity index (χ1v) is 7.28. The minimum absolute atomic E-state index is 0.308. The topological polar surface area (TPSA) is 37.8 Å². The fraction of sp³-hybridized carbons (Fsp3) is 0.733. The van der Waals surface area contributed by atoms with E-state index in [0.29, 0.717) is 6.04 Å². The molecule has 2 rings (SSSR count). The number of hydrogen-bond donors (Lipinski definition) is 1. The molecule has 0 aliphatic heterocycles. The van der Waals surface area contributed by atoms with Gasteiger partial charge in [0.1, 0.15) is 0 Å². The molecule has 0 spiro atoms. The summed E-state index contributed by atoms with van der Waals surface area (Å²) in [4.78, 5) is 8.71. The number of aromatic nitrogens is 2. The lowest BCUT2D eigenvalue weighted by Crippen LogP contribution is -2.24. The second-order valence-corrected chi connectivity index (χ2v) is 5.50. The summed E-state index contributed by atoms with van der Waals surface area (Å²) in [7, 11) is 0. The molecule has 1 atom stereocenters. The van der Waals surface area contributed by atoms with Crippen LogP contribution in [0.2, 0.25) is 0 Å². The van der Waals surface area contributed by atoms with Crippen molar-refractivity contribution in [2.24, 2.45) is 5.92 Å². The van der Waals surface area contributed by atoms with E-state index in [0.717, 1.165) is 23.9 Å². The Kier molecular flexibility index (Phi) is 5.12. The maximum Gasteiger partial charge on any atom is 0.0782 e. The summed E-state index contributed by atoms with van der Waals surface area (Å²) in [5.41, 5.74) is 2.12. The van der Waals surface area contributed by atoms with E-state index in [9.17, 15) is 0 Å². The average Bonchev–Trinajstić information content (AvgIpc) is 2.40. The predicted octanol–water partition coefficient (Wildman–Crippen LogP) is 3.41. The second kappa shape index (κ2) is 6.83. The summed E-state index contributed by atoms with van der Waals surface area (Å²) in [6.45, 7) is 5.31. The van der Waals surface area contributed by atoms with Crippen molar-refractivity contribution < 1.29 is 0 Å². The Bertz CT molecular complexity index is 359. The molecule has 1 aromatic heterocycles. The molecule has 100 valence electrons. The van der Waals surface area contributed by atoms with Crippen LogP contribution in [-0.2, 0) is 0 Å². The number of rotatable bonds is 5. The van der Waals surface area contributed by atoms with E-state index in [-0.39, 0.29) is 0 Å². The molecule has 0 bridgehead atoms. The minimum Gasteiger partial charge on any atom is -0.309 e. The highest BCUT2D eigenvalue weighted by Gasteiger charge is 2.14. The van der Waals surface area contributed by atoms with Gasteiger partial charge in [-0.3, -0.25) is 9.97 Å². The zero-order chi connectivity index (χ0) is 12.8. The molecule has 0 radical (unpaired) electrons. The van der Waals surface area contributed by atoms with Crippen LogP contribution in [0.15, 0.2) is 12.4 Å². The van der Waals surface area contributed by atoms with Gasteiger partial charge in [0.05, 0.1) is 11.4 Å². The zero-order valence-corrected chi connectivity index (χ0v) is 11.7. The standard InChI is InChI=1S/C15H25N3/c1-12(15-13(2)17-10-11-18-15)16-9-8-14-6-4-3-5-7-14/h10-12,14,16H,3-9H2,1-2H3. The Labute approximate surface area is 110 Å². The summed E-state index contributed by atoms with van der Waals surface area (Å²) in [6, 6.07) is 0.308. The maximum atomic E-state index is 4.42. The fourth-order valence-electron chi connectivity index (χ4n) is 2.92. The Morgan fingerprint density at radius 1 is 1.22 bits per heavy atom. The van der Waals surface area contributed by atoms with Crippen LogP contribution in [0.25, 0.3) is 0 Å². The molecule has 3 nitrogen and oxygen atoms in total. The van der Waals surface area contributed by atoms with E-state index < -0.39 is 0 Å².